The predicted molar refractivity (Wildman–Crippen MR) is 103 cm³/mol. The highest BCUT2D eigenvalue weighted by Gasteiger charge is 2.14. The summed E-state index contributed by atoms with van der Waals surface area (Å²) in [6, 6.07) is 20.8. The fourth-order valence-electron chi connectivity index (χ4n) is 2.93. The van der Waals surface area contributed by atoms with Crippen LogP contribution in [0.15, 0.2) is 66.7 Å². The van der Waals surface area contributed by atoms with Gasteiger partial charge in [0.1, 0.15) is 11.5 Å². The molecule has 0 aliphatic rings. The van der Waals surface area contributed by atoms with Crippen LogP contribution in [0.5, 0.6) is 17.4 Å². The van der Waals surface area contributed by atoms with Gasteiger partial charge >= 0.3 is 0 Å². The second-order valence-corrected chi connectivity index (χ2v) is 6.26. The number of aromatic hydroxyl groups is 1. The lowest BCUT2D eigenvalue weighted by molar-refractivity contribution is 0.464. The van der Waals surface area contributed by atoms with Crippen molar-refractivity contribution >= 4 is 10.9 Å². The molecule has 1 heterocycles. The Morgan fingerprint density at radius 1 is 0.846 bits per heavy atom. The molecule has 1 aromatic heterocycles. The van der Waals surface area contributed by atoms with Crippen molar-refractivity contribution in [2.45, 2.75) is 13.8 Å². The zero-order valence-electron chi connectivity index (χ0n) is 14.6. The van der Waals surface area contributed by atoms with Gasteiger partial charge < -0.3 is 9.84 Å². The second kappa shape index (κ2) is 6.48. The minimum absolute atomic E-state index is 0.139. The van der Waals surface area contributed by atoms with Crippen LogP contribution in [0.2, 0.25) is 0 Å². The molecule has 0 atom stereocenters. The lowest BCUT2D eigenvalue weighted by atomic mass is 10.1. The van der Waals surface area contributed by atoms with Crippen LogP contribution in [0.25, 0.3) is 22.3 Å². The molecule has 0 bridgehead atoms. The number of aromatic nitrogens is 2. The summed E-state index contributed by atoms with van der Waals surface area (Å²) in [7, 11) is 0. The number of rotatable bonds is 3. The molecule has 3 aromatic carbocycles. The second-order valence-electron chi connectivity index (χ2n) is 6.26. The molecule has 26 heavy (non-hydrogen) atoms. The average Bonchev–Trinajstić information content (AvgIpc) is 2.64. The molecule has 4 rings (SSSR count). The SMILES string of the molecule is Cc1ccc(Oc2nc(-c3ccccc3O)nc3ccccc23)c(C)c1. The third-order valence-corrected chi connectivity index (χ3v) is 4.25. The maximum absolute atomic E-state index is 10.2. The number of hydrogen-bond donors (Lipinski definition) is 1. The van der Waals surface area contributed by atoms with Crippen molar-refractivity contribution in [1.29, 1.82) is 0 Å². The van der Waals surface area contributed by atoms with E-state index in [1.54, 1.807) is 18.2 Å². The Morgan fingerprint density at radius 3 is 2.42 bits per heavy atom. The van der Waals surface area contributed by atoms with Gasteiger partial charge in [-0.05, 0) is 49.7 Å². The number of phenols is 1. The number of para-hydroxylation sites is 2. The van der Waals surface area contributed by atoms with Crippen molar-refractivity contribution in [3.63, 3.8) is 0 Å². The van der Waals surface area contributed by atoms with E-state index in [2.05, 4.69) is 16.0 Å². The van der Waals surface area contributed by atoms with Crippen molar-refractivity contribution < 1.29 is 9.84 Å². The van der Waals surface area contributed by atoms with Crippen LogP contribution >= 0.6 is 0 Å². The largest absolute Gasteiger partial charge is 0.507 e. The van der Waals surface area contributed by atoms with Crippen molar-refractivity contribution in [3.05, 3.63) is 77.9 Å². The van der Waals surface area contributed by atoms with Gasteiger partial charge in [-0.2, -0.15) is 4.98 Å². The first-order chi connectivity index (χ1) is 12.6. The van der Waals surface area contributed by atoms with Crippen LogP contribution in [0, 0.1) is 13.8 Å². The Labute approximate surface area is 151 Å². The topological polar surface area (TPSA) is 55.2 Å². The van der Waals surface area contributed by atoms with Crippen molar-refractivity contribution in [3.8, 4) is 28.8 Å². The van der Waals surface area contributed by atoms with Gasteiger partial charge in [0.25, 0.3) is 0 Å². The molecule has 128 valence electrons. The van der Waals surface area contributed by atoms with Gasteiger partial charge in [-0.25, -0.2) is 4.98 Å². The number of ether oxygens (including phenoxy) is 1. The van der Waals surface area contributed by atoms with Crippen molar-refractivity contribution in [2.75, 3.05) is 0 Å². The zero-order chi connectivity index (χ0) is 18.1. The van der Waals surface area contributed by atoms with E-state index in [1.165, 1.54) is 5.56 Å². The first kappa shape index (κ1) is 16.1. The summed E-state index contributed by atoms with van der Waals surface area (Å²) < 4.78 is 6.15. The average molecular weight is 342 g/mol. The van der Waals surface area contributed by atoms with Gasteiger partial charge in [-0.3, -0.25) is 0 Å². The highest BCUT2D eigenvalue weighted by atomic mass is 16.5. The summed E-state index contributed by atoms with van der Waals surface area (Å²) in [5.41, 5.74) is 3.55. The summed E-state index contributed by atoms with van der Waals surface area (Å²) in [5.74, 6) is 1.80. The van der Waals surface area contributed by atoms with E-state index in [0.29, 0.717) is 17.3 Å². The van der Waals surface area contributed by atoms with Gasteiger partial charge in [0.05, 0.1) is 16.5 Å². The Bertz CT molecular complexity index is 1110. The molecular formula is C22H18N2O2. The van der Waals surface area contributed by atoms with Crippen LogP contribution in [-0.4, -0.2) is 15.1 Å². The lowest BCUT2D eigenvalue weighted by Crippen LogP contribution is -1.97. The maximum Gasteiger partial charge on any atom is 0.230 e. The molecule has 0 aliphatic heterocycles. The van der Waals surface area contributed by atoms with E-state index in [4.69, 9.17) is 4.74 Å². The molecule has 0 radical (unpaired) electrons. The van der Waals surface area contributed by atoms with E-state index >= 15 is 0 Å². The van der Waals surface area contributed by atoms with Crippen LogP contribution in [0.1, 0.15) is 11.1 Å². The van der Waals surface area contributed by atoms with Crippen molar-refractivity contribution in [1.82, 2.24) is 9.97 Å². The summed E-state index contributed by atoms with van der Waals surface area (Å²) in [5, 5.41) is 11.0. The Morgan fingerprint density at radius 2 is 1.62 bits per heavy atom. The number of phenolic OH excluding ortho intramolecular Hbond substituents is 1. The minimum atomic E-state index is 0.139. The monoisotopic (exact) mass is 342 g/mol. The fourth-order valence-corrected chi connectivity index (χ4v) is 2.93. The molecule has 0 unspecified atom stereocenters. The predicted octanol–water partition coefficient (Wildman–Crippen LogP) is 5.41. The summed E-state index contributed by atoms with van der Waals surface area (Å²) in [4.78, 5) is 9.19. The molecule has 4 heteroatoms. The van der Waals surface area contributed by atoms with E-state index in [9.17, 15) is 5.11 Å². The van der Waals surface area contributed by atoms with E-state index in [0.717, 1.165) is 22.2 Å². The summed E-state index contributed by atoms with van der Waals surface area (Å²) >= 11 is 0. The van der Waals surface area contributed by atoms with E-state index in [-0.39, 0.29) is 5.75 Å². The fraction of sp³-hybridized carbons (Fsp3) is 0.0909. The van der Waals surface area contributed by atoms with E-state index < -0.39 is 0 Å². The quantitative estimate of drug-likeness (QED) is 0.541. The number of benzene rings is 3. The Balaban J connectivity index is 1.89. The number of nitrogens with zero attached hydrogens (tertiary/aromatic N) is 2. The number of fused-ring (bicyclic) bond motifs is 1. The molecule has 0 aliphatic carbocycles. The molecule has 4 nitrogen and oxygen atoms in total. The van der Waals surface area contributed by atoms with Crippen LogP contribution in [0.4, 0.5) is 0 Å². The molecule has 0 saturated heterocycles. The standard InChI is InChI=1S/C22H18N2O2/c1-14-11-12-20(15(2)13-14)26-22-16-7-3-5-9-18(16)23-21(24-22)17-8-4-6-10-19(17)25/h3-13,25H,1-2H3. The summed E-state index contributed by atoms with van der Waals surface area (Å²) in [6.45, 7) is 4.06. The molecular weight excluding hydrogens is 324 g/mol. The third kappa shape index (κ3) is 2.97. The number of aryl methyl sites for hydroxylation is 2. The highest BCUT2D eigenvalue weighted by Crippen LogP contribution is 2.33. The maximum atomic E-state index is 10.2. The molecule has 4 aromatic rings. The smallest absolute Gasteiger partial charge is 0.230 e. The number of hydrogen-bond acceptors (Lipinski definition) is 4. The third-order valence-electron chi connectivity index (χ3n) is 4.25. The van der Waals surface area contributed by atoms with Crippen LogP contribution in [-0.2, 0) is 0 Å². The van der Waals surface area contributed by atoms with Crippen molar-refractivity contribution in [2.24, 2.45) is 0 Å². The zero-order valence-corrected chi connectivity index (χ0v) is 14.6. The molecule has 1 N–H and O–H groups in total. The Kier molecular flexibility index (Phi) is 4.01. The first-order valence-corrected chi connectivity index (χ1v) is 8.42. The molecule has 0 fully saturated rings. The van der Waals surface area contributed by atoms with Gasteiger partial charge in [0.2, 0.25) is 5.88 Å². The highest BCUT2D eigenvalue weighted by molar-refractivity contribution is 5.86. The minimum Gasteiger partial charge on any atom is -0.507 e. The van der Waals surface area contributed by atoms with Gasteiger partial charge in [0, 0.05) is 0 Å². The normalized spacial score (nSPS) is 10.8. The lowest BCUT2D eigenvalue weighted by Gasteiger charge is -2.12. The first-order valence-electron chi connectivity index (χ1n) is 8.42. The van der Waals surface area contributed by atoms with E-state index in [1.807, 2.05) is 56.3 Å². The van der Waals surface area contributed by atoms with Crippen LogP contribution < -0.4 is 4.74 Å². The molecule has 0 saturated carbocycles. The van der Waals surface area contributed by atoms with Gasteiger partial charge in [-0.1, -0.05) is 42.0 Å². The molecule has 0 spiro atoms. The molecule has 0 amide bonds. The summed E-state index contributed by atoms with van der Waals surface area (Å²) in [6.07, 6.45) is 0. The van der Waals surface area contributed by atoms with Crippen LogP contribution in [0.3, 0.4) is 0 Å². The Hall–Kier alpha value is -3.40. The van der Waals surface area contributed by atoms with Gasteiger partial charge in [-0.15, -0.1) is 0 Å². The van der Waals surface area contributed by atoms with Gasteiger partial charge in [0.15, 0.2) is 5.82 Å².